The molecule has 2 heterocycles. The molecule has 0 bridgehead atoms. The van der Waals surface area contributed by atoms with Crippen LogP contribution in [-0.2, 0) is 0 Å². The van der Waals surface area contributed by atoms with E-state index in [0.29, 0.717) is 21.9 Å². The summed E-state index contributed by atoms with van der Waals surface area (Å²) < 4.78 is 6.87. The minimum Gasteiger partial charge on any atom is -0.437 e. The fourth-order valence-electron chi connectivity index (χ4n) is 2.16. The molecule has 0 unspecified atom stereocenters. The van der Waals surface area contributed by atoms with Crippen molar-refractivity contribution in [2.75, 3.05) is 0 Å². The summed E-state index contributed by atoms with van der Waals surface area (Å²) in [6, 6.07) is 6.65. The summed E-state index contributed by atoms with van der Waals surface area (Å²) in [4.78, 5) is 8.01. The van der Waals surface area contributed by atoms with Crippen molar-refractivity contribution in [3.63, 3.8) is 0 Å². The molecule has 0 fully saturated rings. The lowest BCUT2D eigenvalue weighted by atomic mass is 10.1. The van der Waals surface area contributed by atoms with Gasteiger partial charge >= 0.3 is 0 Å². The van der Waals surface area contributed by atoms with Gasteiger partial charge in [0.15, 0.2) is 0 Å². The number of hydrogen-bond donors (Lipinski definition) is 2. The number of hydrogen-bond acceptors (Lipinski definition) is 6. The molecule has 0 amide bonds. The lowest BCUT2D eigenvalue weighted by Crippen LogP contribution is -2.26. The smallest absolute Gasteiger partial charge is 0.240 e. The predicted octanol–water partition coefficient (Wildman–Crippen LogP) is 3.60. The predicted molar refractivity (Wildman–Crippen MR) is 94.3 cm³/mol. The van der Waals surface area contributed by atoms with Crippen molar-refractivity contribution < 1.29 is 4.74 Å². The number of ether oxygens (including phenoxy) is 1. The average molecular weight is 375 g/mol. The van der Waals surface area contributed by atoms with Crippen LogP contribution >= 0.6 is 23.2 Å². The number of benzene rings is 1. The number of aromatic nitrogens is 4. The van der Waals surface area contributed by atoms with Gasteiger partial charge in [0.25, 0.3) is 0 Å². The first-order valence-electron chi connectivity index (χ1n) is 7.08. The molecule has 0 aliphatic rings. The number of rotatable bonds is 3. The number of nitrogens with zero attached hydrogens (tertiary/aromatic N) is 4. The summed E-state index contributed by atoms with van der Waals surface area (Å²) in [6.07, 6.45) is 4.73. The van der Waals surface area contributed by atoms with E-state index in [4.69, 9.17) is 38.8 Å². The lowest BCUT2D eigenvalue weighted by Gasteiger charge is -2.13. The Hall–Kier alpha value is -2.77. The Morgan fingerprint density at radius 1 is 1.20 bits per heavy atom. The number of nitrogens with one attached hydrogen (secondary N) is 2. The molecule has 0 aliphatic heterocycles. The molecule has 0 aliphatic carbocycles. The molecule has 9 heteroatoms. The van der Waals surface area contributed by atoms with Crippen LogP contribution in [0.3, 0.4) is 0 Å². The van der Waals surface area contributed by atoms with E-state index in [1.807, 2.05) is 0 Å². The van der Waals surface area contributed by atoms with Crippen molar-refractivity contribution >= 4 is 28.5 Å². The number of aryl methyl sites for hydroxylation is 1. The highest BCUT2D eigenvalue weighted by atomic mass is 35.5. The molecule has 1 aromatic carbocycles. The van der Waals surface area contributed by atoms with E-state index in [0.717, 1.165) is 10.2 Å². The van der Waals surface area contributed by atoms with Crippen LogP contribution < -0.4 is 10.2 Å². The first-order chi connectivity index (χ1) is 12.0. The van der Waals surface area contributed by atoms with Gasteiger partial charge in [-0.25, -0.2) is 9.97 Å². The normalized spacial score (nSPS) is 10.5. The molecule has 3 aromatic rings. The first-order valence-corrected chi connectivity index (χ1v) is 7.84. The molecular formula is C16H12Cl2N6O. The zero-order valence-corrected chi connectivity index (χ0v) is 14.5. The Morgan fingerprint density at radius 3 is 2.60 bits per heavy atom. The van der Waals surface area contributed by atoms with Crippen LogP contribution in [0.2, 0.25) is 5.02 Å². The summed E-state index contributed by atoms with van der Waals surface area (Å²) in [5.74, 6) is 0.710. The van der Waals surface area contributed by atoms with Gasteiger partial charge in [0, 0.05) is 34.1 Å². The van der Waals surface area contributed by atoms with Crippen molar-refractivity contribution in [1.29, 1.82) is 10.8 Å². The third-order valence-corrected chi connectivity index (χ3v) is 3.71. The zero-order chi connectivity index (χ0) is 18.0. The summed E-state index contributed by atoms with van der Waals surface area (Å²) >= 11 is 11.8. The third kappa shape index (κ3) is 3.67. The zero-order valence-electron chi connectivity index (χ0n) is 13.0. The summed E-state index contributed by atoms with van der Waals surface area (Å²) in [5, 5.41) is 19.5. The Kier molecular flexibility index (Phi) is 4.78. The highest BCUT2D eigenvalue weighted by Crippen LogP contribution is 2.34. The Balaban J connectivity index is 2.09. The molecule has 25 heavy (non-hydrogen) atoms. The van der Waals surface area contributed by atoms with Crippen molar-refractivity contribution in [3.05, 3.63) is 59.1 Å². The van der Waals surface area contributed by atoms with Gasteiger partial charge in [-0.1, -0.05) is 11.6 Å². The molecule has 0 saturated carbocycles. The molecule has 126 valence electrons. The largest absolute Gasteiger partial charge is 0.437 e. The standard InChI is InChI=1S/C16H12Cl2N6O/c1-9-4-14(19)24(16(18)20)23-15(9)25-13-3-2-11(17)5-12(13)10-6-21-8-22-7-10/h2-8,19-20H,1H3. The van der Waals surface area contributed by atoms with E-state index in [2.05, 4.69) is 15.1 Å². The average Bonchev–Trinajstić information content (AvgIpc) is 2.59. The second-order valence-electron chi connectivity index (χ2n) is 5.09. The maximum absolute atomic E-state index is 7.81. The van der Waals surface area contributed by atoms with Crippen LogP contribution in [0.15, 0.2) is 43.0 Å². The summed E-state index contributed by atoms with van der Waals surface area (Å²) in [6.45, 7) is 1.75. The minimum absolute atomic E-state index is 0.0161. The maximum atomic E-state index is 7.81. The van der Waals surface area contributed by atoms with E-state index in [9.17, 15) is 0 Å². The summed E-state index contributed by atoms with van der Waals surface area (Å²) in [7, 11) is 0. The number of halogens is 2. The van der Waals surface area contributed by atoms with Gasteiger partial charge in [-0.3, -0.25) is 10.8 Å². The molecule has 0 saturated heterocycles. The van der Waals surface area contributed by atoms with Gasteiger partial charge in [-0.2, -0.15) is 4.68 Å². The van der Waals surface area contributed by atoms with Gasteiger partial charge in [-0.05, 0) is 42.8 Å². The second-order valence-corrected chi connectivity index (χ2v) is 5.88. The SMILES string of the molecule is Cc1cc(=N)n(C(=N)Cl)nc1Oc1ccc(Cl)cc1-c1cncnc1. The molecule has 2 N–H and O–H groups in total. The molecular weight excluding hydrogens is 363 g/mol. The second kappa shape index (κ2) is 7.00. The highest BCUT2D eigenvalue weighted by Gasteiger charge is 2.13. The molecule has 7 nitrogen and oxygen atoms in total. The van der Waals surface area contributed by atoms with Crippen LogP contribution in [0, 0.1) is 17.7 Å². The van der Waals surface area contributed by atoms with Crippen molar-refractivity contribution in [3.8, 4) is 22.8 Å². The Bertz CT molecular complexity index is 1000. The first kappa shape index (κ1) is 17.1. The minimum atomic E-state index is -0.400. The van der Waals surface area contributed by atoms with E-state index < -0.39 is 5.29 Å². The monoisotopic (exact) mass is 374 g/mol. The van der Waals surface area contributed by atoms with Crippen molar-refractivity contribution in [2.45, 2.75) is 6.92 Å². The quantitative estimate of drug-likeness (QED) is 0.540. The van der Waals surface area contributed by atoms with Gasteiger partial charge in [-0.15, -0.1) is 5.10 Å². The highest BCUT2D eigenvalue weighted by molar-refractivity contribution is 6.64. The van der Waals surface area contributed by atoms with Gasteiger partial charge in [0.05, 0.1) is 0 Å². The van der Waals surface area contributed by atoms with E-state index in [-0.39, 0.29) is 11.4 Å². The van der Waals surface area contributed by atoms with Crippen LogP contribution in [0.25, 0.3) is 11.1 Å². The molecule has 0 atom stereocenters. The topological polar surface area (TPSA) is 101 Å². The Labute approximate surface area is 152 Å². The van der Waals surface area contributed by atoms with Gasteiger partial charge in [0.1, 0.15) is 17.6 Å². The third-order valence-electron chi connectivity index (χ3n) is 3.32. The van der Waals surface area contributed by atoms with Gasteiger partial charge < -0.3 is 4.74 Å². The van der Waals surface area contributed by atoms with Crippen LogP contribution in [0.1, 0.15) is 5.56 Å². The van der Waals surface area contributed by atoms with E-state index in [1.54, 1.807) is 37.5 Å². The van der Waals surface area contributed by atoms with Gasteiger partial charge in [0.2, 0.25) is 11.2 Å². The maximum Gasteiger partial charge on any atom is 0.240 e. The molecule has 0 spiro atoms. The lowest BCUT2D eigenvalue weighted by molar-refractivity contribution is 0.445. The van der Waals surface area contributed by atoms with E-state index >= 15 is 0 Å². The van der Waals surface area contributed by atoms with Crippen LogP contribution in [0.5, 0.6) is 11.6 Å². The molecule has 3 rings (SSSR count). The Morgan fingerprint density at radius 2 is 1.92 bits per heavy atom. The van der Waals surface area contributed by atoms with Crippen molar-refractivity contribution in [2.24, 2.45) is 0 Å². The molecule has 0 radical (unpaired) electrons. The van der Waals surface area contributed by atoms with E-state index in [1.165, 1.54) is 12.4 Å². The fraction of sp³-hybridized carbons (Fsp3) is 0.0625. The van der Waals surface area contributed by atoms with Crippen LogP contribution in [-0.4, -0.2) is 25.0 Å². The summed E-state index contributed by atoms with van der Waals surface area (Å²) in [5.41, 5.74) is 2.03. The van der Waals surface area contributed by atoms with Crippen molar-refractivity contribution in [1.82, 2.24) is 19.7 Å². The van der Waals surface area contributed by atoms with Crippen LogP contribution in [0.4, 0.5) is 0 Å². The fourth-order valence-corrected chi connectivity index (χ4v) is 2.46. The molecule has 2 aromatic heterocycles.